The van der Waals surface area contributed by atoms with Crippen molar-refractivity contribution in [2.75, 3.05) is 41.0 Å². The first-order valence-corrected chi connectivity index (χ1v) is 14.7. The molecule has 0 aromatic carbocycles. The molecular formula is C32H56NO6+. The summed E-state index contributed by atoms with van der Waals surface area (Å²) in [5, 5.41) is 19.2. The number of aliphatic carboxylic acids is 1. The highest BCUT2D eigenvalue weighted by Gasteiger charge is 2.30. The average molecular weight is 551 g/mol. The number of hydrogen-bond acceptors (Lipinski definition) is 5. The van der Waals surface area contributed by atoms with Gasteiger partial charge in [0.15, 0.2) is 6.04 Å². The first-order valence-electron chi connectivity index (χ1n) is 14.7. The van der Waals surface area contributed by atoms with Gasteiger partial charge in [0.1, 0.15) is 12.7 Å². The lowest BCUT2D eigenvalue weighted by Crippen LogP contribution is -2.50. The molecular weight excluding hydrogens is 494 g/mol. The van der Waals surface area contributed by atoms with Crippen molar-refractivity contribution in [3.63, 3.8) is 0 Å². The molecule has 0 fully saturated rings. The number of unbranched alkanes of at least 4 members (excludes halogenated alkanes) is 6. The standard InChI is InChI=1S/C32H55NO6/c1-5-6-7-8-9-10-11-12-13-14-15-16-17-18-19-20-21-22-23-24-31(35)39-28-29(34)27-38-26-25-30(32(36)37)33(2,3)4/h6-7,9-10,12-13,15-16,29-30,34H,5,8,11,14,17-28H2,1-4H3/p+1/b7-6+,10-9+,13-12+,16-15+. The minimum Gasteiger partial charge on any atom is -0.477 e. The Kier molecular flexibility index (Phi) is 23.4. The van der Waals surface area contributed by atoms with E-state index in [2.05, 4.69) is 55.5 Å². The van der Waals surface area contributed by atoms with Gasteiger partial charge in [-0.2, -0.15) is 0 Å². The number of aliphatic hydroxyl groups excluding tert-OH is 1. The van der Waals surface area contributed by atoms with Crippen LogP contribution in [0.3, 0.4) is 0 Å². The molecule has 39 heavy (non-hydrogen) atoms. The van der Waals surface area contributed by atoms with Crippen LogP contribution in [0.4, 0.5) is 0 Å². The third kappa shape index (κ3) is 24.6. The molecule has 0 saturated heterocycles. The van der Waals surface area contributed by atoms with E-state index in [-0.39, 0.29) is 25.8 Å². The van der Waals surface area contributed by atoms with Crippen molar-refractivity contribution in [2.45, 2.75) is 103 Å². The molecule has 0 bridgehead atoms. The maximum Gasteiger partial charge on any atom is 0.362 e. The van der Waals surface area contributed by atoms with Crippen LogP contribution >= 0.6 is 0 Å². The molecule has 7 nitrogen and oxygen atoms in total. The summed E-state index contributed by atoms with van der Waals surface area (Å²) in [5.41, 5.74) is 0. The van der Waals surface area contributed by atoms with E-state index in [0.29, 0.717) is 17.3 Å². The largest absolute Gasteiger partial charge is 0.477 e. The molecule has 0 saturated carbocycles. The van der Waals surface area contributed by atoms with Crippen molar-refractivity contribution in [3.8, 4) is 0 Å². The van der Waals surface area contributed by atoms with Gasteiger partial charge in [0.05, 0.1) is 34.4 Å². The number of rotatable bonds is 25. The van der Waals surface area contributed by atoms with E-state index in [1.807, 2.05) is 21.1 Å². The quantitative estimate of drug-likeness (QED) is 0.0593. The highest BCUT2D eigenvalue weighted by atomic mass is 16.5. The molecule has 2 N–H and O–H groups in total. The van der Waals surface area contributed by atoms with Crippen molar-refractivity contribution in [3.05, 3.63) is 48.6 Å². The number of quaternary nitrogens is 1. The second-order valence-electron chi connectivity index (χ2n) is 10.8. The molecule has 0 aliphatic rings. The Morgan fingerprint density at radius 2 is 1.31 bits per heavy atom. The zero-order valence-electron chi connectivity index (χ0n) is 25.1. The van der Waals surface area contributed by atoms with Crippen LogP contribution in [0.1, 0.15) is 90.4 Å². The van der Waals surface area contributed by atoms with Gasteiger partial charge in [-0.1, -0.05) is 81.2 Å². The Bertz CT molecular complexity index is 735. The summed E-state index contributed by atoms with van der Waals surface area (Å²) in [6, 6.07) is -0.578. The highest BCUT2D eigenvalue weighted by Crippen LogP contribution is 2.10. The van der Waals surface area contributed by atoms with Gasteiger partial charge in [-0.15, -0.1) is 0 Å². The zero-order valence-corrected chi connectivity index (χ0v) is 25.1. The average Bonchev–Trinajstić information content (AvgIpc) is 2.87. The third-order valence-electron chi connectivity index (χ3n) is 6.22. The monoisotopic (exact) mass is 550 g/mol. The van der Waals surface area contributed by atoms with Crippen LogP contribution in [-0.2, 0) is 19.1 Å². The van der Waals surface area contributed by atoms with Crippen LogP contribution in [0.2, 0.25) is 0 Å². The van der Waals surface area contributed by atoms with Crippen molar-refractivity contribution in [2.24, 2.45) is 0 Å². The summed E-state index contributed by atoms with van der Waals surface area (Å²) in [6.07, 6.45) is 29.3. The lowest BCUT2D eigenvalue weighted by atomic mass is 10.1. The van der Waals surface area contributed by atoms with Gasteiger partial charge in [-0.05, 0) is 44.9 Å². The summed E-state index contributed by atoms with van der Waals surface area (Å²) in [6.45, 7) is 2.28. The fourth-order valence-corrected chi connectivity index (χ4v) is 3.90. The van der Waals surface area contributed by atoms with E-state index in [1.165, 1.54) is 19.3 Å². The molecule has 2 unspecified atom stereocenters. The molecule has 0 radical (unpaired) electrons. The summed E-state index contributed by atoms with van der Waals surface area (Å²) in [5.74, 6) is -1.17. The Hall–Kier alpha value is -2.22. The molecule has 0 aliphatic carbocycles. The molecule has 0 aromatic heterocycles. The number of esters is 1. The van der Waals surface area contributed by atoms with Crippen LogP contribution in [0, 0.1) is 0 Å². The van der Waals surface area contributed by atoms with E-state index in [0.717, 1.165) is 51.4 Å². The smallest absolute Gasteiger partial charge is 0.362 e. The molecule has 224 valence electrons. The summed E-state index contributed by atoms with van der Waals surface area (Å²) >= 11 is 0. The lowest BCUT2D eigenvalue weighted by molar-refractivity contribution is -0.887. The summed E-state index contributed by atoms with van der Waals surface area (Å²) in [7, 11) is 5.46. The number of nitrogens with zero attached hydrogens (tertiary/aromatic N) is 1. The molecule has 2 atom stereocenters. The number of carbonyl (C=O) groups excluding carboxylic acids is 1. The van der Waals surface area contributed by atoms with Crippen molar-refractivity contribution in [1.82, 2.24) is 0 Å². The maximum absolute atomic E-state index is 11.9. The van der Waals surface area contributed by atoms with E-state index in [1.54, 1.807) is 0 Å². The number of allylic oxidation sites excluding steroid dienone is 8. The van der Waals surface area contributed by atoms with Gasteiger partial charge in [0.2, 0.25) is 0 Å². The number of carboxylic acid groups (broad SMARTS) is 1. The first-order chi connectivity index (χ1) is 18.7. The first kappa shape index (κ1) is 36.8. The highest BCUT2D eigenvalue weighted by molar-refractivity contribution is 5.72. The zero-order chi connectivity index (χ0) is 29.2. The summed E-state index contributed by atoms with van der Waals surface area (Å²) in [4.78, 5) is 23.2. The minimum atomic E-state index is -0.911. The second-order valence-corrected chi connectivity index (χ2v) is 10.8. The van der Waals surface area contributed by atoms with Crippen LogP contribution in [0.15, 0.2) is 48.6 Å². The lowest BCUT2D eigenvalue weighted by Gasteiger charge is -2.31. The molecule has 0 rings (SSSR count). The van der Waals surface area contributed by atoms with Gasteiger partial charge in [0.25, 0.3) is 0 Å². The topological polar surface area (TPSA) is 93.1 Å². The fraction of sp³-hybridized carbons (Fsp3) is 0.688. The molecule has 0 heterocycles. The van der Waals surface area contributed by atoms with Crippen molar-refractivity contribution < 1.29 is 33.8 Å². The van der Waals surface area contributed by atoms with Crippen LogP contribution < -0.4 is 0 Å². The van der Waals surface area contributed by atoms with Crippen LogP contribution in [0.25, 0.3) is 0 Å². The van der Waals surface area contributed by atoms with Crippen molar-refractivity contribution in [1.29, 1.82) is 0 Å². The Morgan fingerprint density at radius 1 is 0.769 bits per heavy atom. The Balaban J connectivity index is 3.60. The number of likely N-dealkylation sites (N-methyl/N-ethyl adjacent to an activating group) is 1. The van der Waals surface area contributed by atoms with Gasteiger partial charge in [-0.25, -0.2) is 4.79 Å². The maximum atomic E-state index is 11.9. The van der Waals surface area contributed by atoms with Crippen molar-refractivity contribution >= 4 is 11.9 Å². The molecule has 0 aromatic rings. The van der Waals surface area contributed by atoms with Crippen LogP contribution in [-0.4, -0.2) is 79.7 Å². The Morgan fingerprint density at radius 3 is 1.87 bits per heavy atom. The molecule has 0 spiro atoms. The van der Waals surface area contributed by atoms with E-state index in [9.17, 15) is 19.8 Å². The van der Waals surface area contributed by atoms with Gasteiger partial charge in [0, 0.05) is 12.8 Å². The number of ether oxygens (including phenoxy) is 2. The molecule has 0 amide bonds. The Labute approximate surface area is 237 Å². The normalized spacial score (nSPS) is 14.2. The predicted molar refractivity (Wildman–Crippen MR) is 159 cm³/mol. The number of aliphatic hydroxyl groups is 1. The van der Waals surface area contributed by atoms with E-state index < -0.39 is 18.1 Å². The minimum absolute atomic E-state index is 0.0116. The van der Waals surface area contributed by atoms with Crippen LogP contribution in [0.5, 0.6) is 0 Å². The fourth-order valence-electron chi connectivity index (χ4n) is 3.90. The number of carbonyl (C=O) groups is 2. The number of hydrogen-bond donors (Lipinski definition) is 2. The third-order valence-corrected chi connectivity index (χ3v) is 6.22. The van der Waals surface area contributed by atoms with Gasteiger partial charge >= 0.3 is 11.9 Å². The summed E-state index contributed by atoms with van der Waals surface area (Å²) < 4.78 is 10.8. The predicted octanol–water partition coefficient (Wildman–Crippen LogP) is 6.38. The van der Waals surface area contributed by atoms with E-state index in [4.69, 9.17) is 9.47 Å². The second kappa shape index (κ2) is 24.8. The molecule has 7 heteroatoms. The SMILES string of the molecule is CC/C=C/C/C=C/C/C=C/C/C=C/CCCCCCCCC(=O)OCC(O)COCCC(C(=O)O)[N+](C)(C)C. The van der Waals surface area contributed by atoms with Gasteiger partial charge in [-0.3, -0.25) is 4.79 Å². The number of carboxylic acids is 1. The van der Waals surface area contributed by atoms with Gasteiger partial charge < -0.3 is 24.2 Å². The van der Waals surface area contributed by atoms with E-state index >= 15 is 0 Å². The molecule has 0 aliphatic heterocycles.